The molecule has 0 radical (unpaired) electrons. The zero-order valence-electron chi connectivity index (χ0n) is 15.3. The van der Waals surface area contributed by atoms with Gasteiger partial charge in [0.1, 0.15) is 0 Å². The highest BCUT2D eigenvalue weighted by molar-refractivity contribution is 7.20. The zero-order valence-corrected chi connectivity index (χ0v) is 16.1. The highest BCUT2D eigenvalue weighted by atomic mass is 32.1. The average Bonchev–Trinajstić information content (AvgIpc) is 3.10. The van der Waals surface area contributed by atoms with Crippen LogP contribution in [-0.4, -0.2) is 0 Å². The Morgan fingerprint density at radius 3 is 2.33 bits per heavy atom. The molecule has 132 valence electrons. The molecule has 1 aliphatic carbocycles. The Labute approximate surface area is 164 Å². The lowest BCUT2D eigenvalue weighted by Crippen LogP contribution is -2.02. The molecule has 2 heteroatoms. The Balaban J connectivity index is 1.50. The van der Waals surface area contributed by atoms with Gasteiger partial charge in [0.15, 0.2) is 0 Å². The van der Waals surface area contributed by atoms with Gasteiger partial charge in [-0.1, -0.05) is 61.5 Å². The average molecular weight is 368 g/mol. The van der Waals surface area contributed by atoms with Crippen molar-refractivity contribution < 1.29 is 0 Å². The van der Waals surface area contributed by atoms with Crippen LogP contribution in [0.2, 0.25) is 0 Å². The molecule has 5 rings (SSSR count). The van der Waals surface area contributed by atoms with Crippen LogP contribution in [0.25, 0.3) is 15.7 Å². The minimum absolute atomic E-state index is 0.582. The number of rotatable bonds is 3. The van der Waals surface area contributed by atoms with E-state index in [1.165, 1.54) is 31.7 Å². The smallest absolute Gasteiger partial charge is 0.0393 e. The van der Waals surface area contributed by atoms with E-state index in [0.29, 0.717) is 5.92 Å². The molecule has 1 N–H and O–H groups in total. The maximum Gasteiger partial charge on any atom is 0.0393 e. The number of hydrogen-bond acceptors (Lipinski definition) is 2. The Bertz CT molecular complexity index is 1120. The first-order chi connectivity index (χ1) is 13.3. The van der Waals surface area contributed by atoms with Gasteiger partial charge in [-0.05, 0) is 64.8 Å². The van der Waals surface area contributed by atoms with Crippen LogP contribution in [0, 0.1) is 0 Å². The van der Waals surface area contributed by atoms with Crippen LogP contribution in [0.3, 0.4) is 0 Å². The predicted molar refractivity (Wildman–Crippen MR) is 118 cm³/mol. The van der Waals surface area contributed by atoms with Crippen molar-refractivity contribution in [2.75, 3.05) is 5.32 Å². The molecular weight excluding hydrogens is 346 g/mol. The molecule has 0 aliphatic heterocycles. The maximum atomic E-state index is 3.46. The summed E-state index contributed by atoms with van der Waals surface area (Å²) in [4.78, 5) is 1.44. The standard InChI is InChI=1S/C25H21NS/c1-17-11-16-21(25-24(17)22-9-5-6-10-23(22)27-25)18-12-14-20(15-13-18)26-19-7-3-2-4-8-19/h2-10,12-17,26H,11H2,1H3. The van der Waals surface area contributed by atoms with E-state index in [9.17, 15) is 0 Å². The normalized spacial score (nSPS) is 16.0. The van der Waals surface area contributed by atoms with Crippen LogP contribution >= 0.6 is 11.3 Å². The molecule has 0 spiro atoms. The summed E-state index contributed by atoms with van der Waals surface area (Å²) in [5.41, 5.74) is 6.44. The second-order valence-electron chi connectivity index (χ2n) is 7.16. The van der Waals surface area contributed by atoms with Crippen molar-refractivity contribution in [3.63, 3.8) is 0 Å². The van der Waals surface area contributed by atoms with E-state index in [0.717, 1.165) is 17.8 Å². The molecule has 3 aromatic carbocycles. The lowest BCUT2D eigenvalue weighted by atomic mass is 9.85. The van der Waals surface area contributed by atoms with Gasteiger partial charge >= 0.3 is 0 Å². The van der Waals surface area contributed by atoms with Gasteiger partial charge in [0.05, 0.1) is 0 Å². The van der Waals surface area contributed by atoms with Crippen LogP contribution in [-0.2, 0) is 0 Å². The molecule has 27 heavy (non-hydrogen) atoms. The van der Waals surface area contributed by atoms with Crippen molar-refractivity contribution >= 4 is 38.4 Å². The number of allylic oxidation sites excluding steroid dienone is 1. The zero-order chi connectivity index (χ0) is 18.2. The van der Waals surface area contributed by atoms with Gasteiger partial charge < -0.3 is 5.32 Å². The van der Waals surface area contributed by atoms with Gasteiger partial charge in [0.2, 0.25) is 0 Å². The summed E-state index contributed by atoms with van der Waals surface area (Å²) in [5.74, 6) is 0.582. The van der Waals surface area contributed by atoms with Crippen molar-refractivity contribution in [3.8, 4) is 0 Å². The molecule has 1 aromatic heterocycles. The minimum Gasteiger partial charge on any atom is -0.356 e. The maximum absolute atomic E-state index is 3.46. The van der Waals surface area contributed by atoms with Gasteiger partial charge in [-0.2, -0.15) is 0 Å². The van der Waals surface area contributed by atoms with Crippen molar-refractivity contribution in [1.82, 2.24) is 0 Å². The molecule has 1 unspecified atom stereocenters. The second kappa shape index (κ2) is 6.71. The Kier molecular flexibility index (Phi) is 4.06. The van der Waals surface area contributed by atoms with Crippen molar-refractivity contribution in [2.45, 2.75) is 19.3 Å². The van der Waals surface area contributed by atoms with E-state index in [1.807, 2.05) is 29.5 Å². The number of nitrogens with one attached hydrogen (secondary N) is 1. The van der Waals surface area contributed by atoms with E-state index in [4.69, 9.17) is 0 Å². The number of hydrogen-bond donors (Lipinski definition) is 1. The molecule has 4 aromatic rings. The second-order valence-corrected chi connectivity index (χ2v) is 8.22. The van der Waals surface area contributed by atoms with Gasteiger partial charge in [-0.25, -0.2) is 0 Å². The summed E-state index contributed by atoms with van der Waals surface area (Å²) in [6.07, 6.45) is 3.52. The van der Waals surface area contributed by atoms with Crippen LogP contribution < -0.4 is 5.32 Å². The third kappa shape index (κ3) is 2.96. The number of thiophene rings is 1. The first kappa shape index (κ1) is 16.3. The molecule has 0 fully saturated rings. The highest BCUT2D eigenvalue weighted by Gasteiger charge is 2.24. The minimum atomic E-state index is 0.582. The summed E-state index contributed by atoms with van der Waals surface area (Å²) >= 11 is 1.93. The SMILES string of the molecule is CC1CC=C(c2ccc(Nc3ccccc3)cc2)c2sc3ccccc3c21. The number of anilines is 2. The largest absolute Gasteiger partial charge is 0.356 e. The quantitative estimate of drug-likeness (QED) is 0.393. The monoisotopic (exact) mass is 367 g/mol. The Hall–Kier alpha value is -2.84. The van der Waals surface area contributed by atoms with E-state index in [2.05, 4.69) is 79.0 Å². The summed E-state index contributed by atoms with van der Waals surface area (Å²) < 4.78 is 1.39. The summed E-state index contributed by atoms with van der Waals surface area (Å²) in [6, 6.07) is 27.9. The first-order valence-corrected chi connectivity index (χ1v) is 10.3. The van der Waals surface area contributed by atoms with E-state index < -0.39 is 0 Å². The molecule has 1 aliphatic rings. The molecule has 0 saturated carbocycles. The van der Waals surface area contributed by atoms with Gasteiger partial charge in [0.25, 0.3) is 0 Å². The van der Waals surface area contributed by atoms with E-state index >= 15 is 0 Å². The van der Waals surface area contributed by atoms with Crippen LogP contribution in [0.4, 0.5) is 11.4 Å². The van der Waals surface area contributed by atoms with Gasteiger partial charge in [0, 0.05) is 21.0 Å². The number of para-hydroxylation sites is 1. The summed E-state index contributed by atoms with van der Waals surface area (Å²) in [5, 5.41) is 4.89. The third-order valence-corrected chi connectivity index (χ3v) is 6.53. The Morgan fingerprint density at radius 1 is 0.815 bits per heavy atom. The fraction of sp³-hybridized carbons (Fsp3) is 0.120. The predicted octanol–water partition coefficient (Wildman–Crippen LogP) is 7.58. The van der Waals surface area contributed by atoms with Crippen molar-refractivity contribution in [1.29, 1.82) is 0 Å². The first-order valence-electron chi connectivity index (χ1n) is 9.44. The van der Waals surface area contributed by atoms with Crippen LogP contribution in [0.5, 0.6) is 0 Å². The topological polar surface area (TPSA) is 12.0 Å². The highest BCUT2D eigenvalue weighted by Crippen LogP contribution is 2.46. The molecule has 1 nitrogen and oxygen atoms in total. The molecular formula is C25H21NS. The van der Waals surface area contributed by atoms with Gasteiger partial charge in [-0.15, -0.1) is 11.3 Å². The lowest BCUT2D eigenvalue weighted by molar-refractivity contribution is 0.780. The molecule has 0 bridgehead atoms. The van der Waals surface area contributed by atoms with Gasteiger partial charge in [-0.3, -0.25) is 0 Å². The molecule has 0 amide bonds. The fourth-order valence-corrected chi connectivity index (χ4v) is 5.32. The van der Waals surface area contributed by atoms with E-state index in [-0.39, 0.29) is 0 Å². The number of benzene rings is 3. The summed E-state index contributed by atoms with van der Waals surface area (Å²) in [6.45, 7) is 2.35. The number of fused-ring (bicyclic) bond motifs is 3. The third-order valence-electron chi connectivity index (χ3n) is 5.31. The van der Waals surface area contributed by atoms with Crippen molar-refractivity contribution in [2.24, 2.45) is 0 Å². The van der Waals surface area contributed by atoms with Crippen LogP contribution in [0.1, 0.15) is 35.3 Å². The van der Waals surface area contributed by atoms with E-state index in [1.54, 1.807) is 0 Å². The molecule has 1 heterocycles. The van der Waals surface area contributed by atoms with Crippen molar-refractivity contribution in [3.05, 3.63) is 101 Å². The molecule has 0 saturated heterocycles. The Morgan fingerprint density at radius 2 is 1.52 bits per heavy atom. The molecule has 1 atom stereocenters. The fourth-order valence-electron chi connectivity index (χ4n) is 3.93. The van der Waals surface area contributed by atoms with Crippen LogP contribution in [0.15, 0.2) is 84.9 Å². The summed E-state index contributed by atoms with van der Waals surface area (Å²) in [7, 11) is 0. The lowest BCUT2D eigenvalue weighted by Gasteiger charge is -2.20.